The normalized spacial score (nSPS) is 11.7. The number of anilines is 1. The van der Waals surface area contributed by atoms with Crippen LogP contribution in [-0.2, 0) is 0 Å². The molecule has 0 atom stereocenters. The average Bonchev–Trinajstić information content (AvgIpc) is 2.38. The third kappa shape index (κ3) is 3.03. The van der Waals surface area contributed by atoms with Gasteiger partial charge in [-0.2, -0.15) is 0 Å². The van der Waals surface area contributed by atoms with Crippen molar-refractivity contribution in [2.24, 2.45) is 5.41 Å². The first-order chi connectivity index (χ1) is 8.91. The van der Waals surface area contributed by atoms with Crippen molar-refractivity contribution < 1.29 is 5.11 Å². The van der Waals surface area contributed by atoms with Crippen molar-refractivity contribution in [2.75, 3.05) is 18.5 Å². The second-order valence-electron chi connectivity index (χ2n) is 5.34. The van der Waals surface area contributed by atoms with E-state index in [1.165, 1.54) is 0 Å². The molecule has 1 aromatic heterocycles. The van der Waals surface area contributed by atoms with Gasteiger partial charge < -0.3 is 20.4 Å². The summed E-state index contributed by atoms with van der Waals surface area (Å²) in [4.78, 5) is 27.4. The summed E-state index contributed by atoms with van der Waals surface area (Å²) < 4.78 is 0. The monoisotopic (exact) mass is 263 g/mol. The molecular weight excluding hydrogens is 246 g/mol. The van der Waals surface area contributed by atoms with Crippen LogP contribution in [0.1, 0.15) is 13.8 Å². The maximum absolute atomic E-state index is 11.3. The van der Waals surface area contributed by atoms with Gasteiger partial charge in [-0.3, -0.25) is 9.59 Å². The molecule has 102 valence electrons. The van der Waals surface area contributed by atoms with Gasteiger partial charge in [0.25, 0.3) is 0 Å². The molecule has 6 heteroatoms. The zero-order chi connectivity index (χ0) is 14.0. The summed E-state index contributed by atoms with van der Waals surface area (Å²) in [5, 5.41) is 12.4. The van der Waals surface area contributed by atoms with E-state index in [2.05, 4.69) is 15.3 Å². The van der Waals surface area contributed by atoms with Crippen LogP contribution in [0.3, 0.4) is 0 Å². The van der Waals surface area contributed by atoms with Crippen LogP contribution in [0.5, 0.6) is 0 Å². The van der Waals surface area contributed by atoms with Crippen LogP contribution in [0, 0.1) is 5.41 Å². The molecule has 2 aromatic rings. The Bertz CT molecular complexity index is 700. The first-order valence-corrected chi connectivity index (χ1v) is 6.02. The zero-order valence-electron chi connectivity index (χ0n) is 10.9. The molecule has 0 spiro atoms. The molecule has 0 amide bonds. The fourth-order valence-electron chi connectivity index (χ4n) is 1.62. The summed E-state index contributed by atoms with van der Waals surface area (Å²) >= 11 is 0. The highest BCUT2D eigenvalue weighted by atomic mass is 16.3. The number of rotatable bonds is 4. The van der Waals surface area contributed by atoms with E-state index in [0.29, 0.717) is 17.6 Å². The van der Waals surface area contributed by atoms with Gasteiger partial charge in [-0.25, -0.2) is 0 Å². The molecule has 0 fully saturated rings. The summed E-state index contributed by atoms with van der Waals surface area (Å²) in [5.41, 5.74) is 0.410. The lowest BCUT2D eigenvalue weighted by atomic mass is 9.95. The topological polar surface area (TPSA) is 98.0 Å². The van der Waals surface area contributed by atoms with Gasteiger partial charge in [0.1, 0.15) is 0 Å². The van der Waals surface area contributed by atoms with Crippen molar-refractivity contribution in [2.45, 2.75) is 13.8 Å². The number of aliphatic hydroxyl groups is 1. The minimum absolute atomic E-state index is 0.0811. The standard InChI is InChI=1S/C13H17N3O3/c1-13(2,7-17)6-14-8-3-4-9-10(5-8)16-12(19)11(18)15-9/h3-5,14,17H,6-7H2,1-2H3,(H,15,18)(H,16,19). The number of aromatic nitrogens is 2. The Morgan fingerprint density at radius 2 is 1.79 bits per heavy atom. The lowest BCUT2D eigenvalue weighted by molar-refractivity contribution is 0.171. The number of nitrogens with one attached hydrogen (secondary N) is 3. The molecule has 0 radical (unpaired) electrons. The van der Waals surface area contributed by atoms with Gasteiger partial charge in [-0.05, 0) is 18.2 Å². The van der Waals surface area contributed by atoms with Crippen LogP contribution in [0.4, 0.5) is 5.69 Å². The van der Waals surface area contributed by atoms with E-state index >= 15 is 0 Å². The largest absolute Gasteiger partial charge is 0.396 e. The molecular formula is C13H17N3O3. The smallest absolute Gasteiger partial charge is 0.314 e. The zero-order valence-corrected chi connectivity index (χ0v) is 10.9. The molecule has 0 saturated heterocycles. The van der Waals surface area contributed by atoms with E-state index in [9.17, 15) is 14.7 Å². The number of hydrogen-bond donors (Lipinski definition) is 4. The molecule has 6 nitrogen and oxygen atoms in total. The number of H-pyrrole nitrogens is 2. The fourth-order valence-corrected chi connectivity index (χ4v) is 1.62. The van der Waals surface area contributed by atoms with Crippen molar-refractivity contribution in [3.8, 4) is 0 Å². The number of aliphatic hydroxyl groups excluding tert-OH is 1. The average molecular weight is 263 g/mol. The van der Waals surface area contributed by atoms with Gasteiger partial charge in [-0.15, -0.1) is 0 Å². The molecule has 0 saturated carbocycles. The summed E-state index contributed by atoms with van der Waals surface area (Å²) in [6.45, 7) is 4.57. The lowest BCUT2D eigenvalue weighted by Gasteiger charge is -2.22. The Hall–Kier alpha value is -2.08. The van der Waals surface area contributed by atoms with Crippen molar-refractivity contribution >= 4 is 16.7 Å². The number of fused-ring (bicyclic) bond motifs is 1. The quantitative estimate of drug-likeness (QED) is 0.609. The third-order valence-electron chi connectivity index (χ3n) is 2.92. The Balaban J connectivity index is 2.29. The first kappa shape index (κ1) is 13.4. The molecule has 19 heavy (non-hydrogen) atoms. The highest BCUT2D eigenvalue weighted by molar-refractivity contribution is 5.78. The molecule has 4 N–H and O–H groups in total. The van der Waals surface area contributed by atoms with E-state index in [0.717, 1.165) is 5.69 Å². The van der Waals surface area contributed by atoms with Gasteiger partial charge in [0.05, 0.1) is 11.0 Å². The summed E-state index contributed by atoms with van der Waals surface area (Å²) in [6.07, 6.45) is 0. The van der Waals surface area contributed by atoms with Crippen LogP contribution in [-0.4, -0.2) is 28.2 Å². The summed E-state index contributed by atoms with van der Waals surface area (Å²) in [6, 6.07) is 5.28. The summed E-state index contributed by atoms with van der Waals surface area (Å²) in [5.74, 6) is 0. The molecule has 2 rings (SSSR count). The van der Waals surface area contributed by atoms with Crippen LogP contribution < -0.4 is 16.4 Å². The Labute approximate surface area is 109 Å². The highest BCUT2D eigenvalue weighted by Crippen LogP contribution is 2.18. The van der Waals surface area contributed by atoms with Crippen molar-refractivity contribution in [3.63, 3.8) is 0 Å². The Morgan fingerprint density at radius 3 is 2.42 bits per heavy atom. The maximum Gasteiger partial charge on any atom is 0.314 e. The van der Waals surface area contributed by atoms with Gasteiger partial charge in [0, 0.05) is 24.3 Å². The minimum atomic E-state index is -0.666. The third-order valence-corrected chi connectivity index (χ3v) is 2.92. The Morgan fingerprint density at radius 1 is 1.16 bits per heavy atom. The maximum atomic E-state index is 11.3. The Kier molecular flexibility index (Phi) is 3.44. The molecule has 0 unspecified atom stereocenters. The number of benzene rings is 1. The highest BCUT2D eigenvalue weighted by Gasteiger charge is 2.15. The minimum Gasteiger partial charge on any atom is -0.396 e. The van der Waals surface area contributed by atoms with E-state index in [1.54, 1.807) is 12.1 Å². The number of aromatic amines is 2. The lowest BCUT2D eigenvalue weighted by Crippen LogP contribution is -2.29. The van der Waals surface area contributed by atoms with Crippen LogP contribution in [0.2, 0.25) is 0 Å². The van der Waals surface area contributed by atoms with Gasteiger partial charge >= 0.3 is 11.1 Å². The van der Waals surface area contributed by atoms with Crippen LogP contribution in [0.25, 0.3) is 11.0 Å². The van der Waals surface area contributed by atoms with E-state index < -0.39 is 11.1 Å². The predicted octanol–water partition coefficient (Wildman–Crippen LogP) is 0.647. The fraction of sp³-hybridized carbons (Fsp3) is 0.385. The van der Waals surface area contributed by atoms with Crippen LogP contribution >= 0.6 is 0 Å². The second kappa shape index (κ2) is 4.89. The van der Waals surface area contributed by atoms with E-state index in [4.69, 9.17) is 0 Å². The van der Waals surface area contributed by atoms with Gasteiger partial charge in [0.2, 0.25) is 0 Å². The van der Waals surface area contributed by atoms with E-state index in [-0.39, 0.29) is 12.0 Å². The molecule has 1 heterocycles. The molecule has 1 aromatic carbocycles. The second-order valence-corrected chi connectivity index (χ2v) is 5.34. The van der Waals surface area contributed by atoms with Gasteiger partial charge in [-0.1, -0.05) is 13.8 Å². The van der Waals surface area contributed by atoms with Gasteiger partial charge in [0.15, 0.2) is 0 Å². The van der Waals surface area contributed by atoms with Crippen molar-refractivity contribution in [1.82, 2.24) is 9.97 Å². The molecule has 0 aliphatic carbocycles. The first-order valence-electron chi connectivity index (χ1n) is 6.02. The van der Waals surface area contributed by atoms with Crippen molar-refractivity contribution in [3.05, 3.63) is 38.9 Å². The SMILES string of the molecule is CC(C)(CO)CNc1ccc2[nH]c(=O)c(=O)[nH]c2c1. The number of hydrogen-bond acceptors (Lipinski definition) is 4. The molecule has 0 aliphatic rings. The van der Waals surface area contributed by atoms with Crippen molar-refractivity contribution in [1.29, 1.82) is 0 Å². The molecule has 0 bridgehead atoms. The summed E-state index contributed by atoms with van der Waals surface area (Å²) in [7, 11) is 0. The predicted molar refractivity (Wildman–Crippen MR) is 74.5 cm³/mol. The van der Waals surface area contributed by atoms with E-state index in [1.807, 2.05) is 19.9 Å². The molecule has 0 aliphatic heterocycles. The van der Waals surface area contributed by atoms with Crippen LogP contribution in [0.15, 0.2) is 27.8 Å².